The second-order valence-corrected chi connectivity index (χ2v) is 8.03. The van der Waals surface area contributed by atoms with Gasteiger partial charge in [0.2, 0.25) is 4.34 Å². The number of aromatic nitrogens is 1. The van der Waals surface area contributed by atoms with Crippen molar-refractivity contribution in [1.82, 2.24) is 9.48 Å². The highest BCUT2D eigenvalue weighted by molar-refractivity contribution is 7.96. The van der Waals surface area contributed by atoms with Crippen LogP contribution < -0.4 is 4.49 Å². The van der Waals surface area contributed by atoms with E-state index in [4.69, 9.17) is 9.79 Å². The summed E-state index contributed by atoms with van der Waals surface area (Å²) in [6.07, 6.45) is 0. The van der Waals surface area contributed by atoms with E-state index in [0.29, 0.717) is 11.3 Å². The van der Waals surface area contributed by atoms with Crippen molar-refractivity contribution in [3.8, 4) is 0 Å². The van der Waals surface area contributed by atoms with Gasteiger partial charge in [-0.2, -0.15) is 0 Å². The molecule has 2 rings (SSSR count). The number of hydrogen-bond acceptors (Lipinski definition) is 7. The average molecular weight is 376 g/mol. The third kappa shape index (κ3) is 4.17. The van der Waals surface area contributed by atoms with Crippen LogP contribution in [0, 0.1) is 10.1 Å². The molecule has 21 heavy (non-hydrogen) atoms. The predicted octanol–water partition coefficient (Wildman–Crippen LogP) is 0.997. The van der Waals surface area contributed by atoms with Gasteiger partial charge in [-0.25, -0.2) is 18.0 Å². The van der Waals surface area contributed by atoms with Crippen molar-refractivity contribution in [2.45, 2.75) is 4.34 Å². The zero-order valence-corrected chi connectivity index (χ0v) is 13.1. The number of benzene rings is 1. The lowest BCUT2D eigenvalue weighted by Gasteiger charge is -2.03. The van der Waals surface area contributed by atoms with Gasteiger partial charge in [-0.05, 0) is 6.07 Å². The highest BCUT2D eigenvalue weighted by Gasteiger charge is 2.28. The van der Waals surface area contributed by atoms with Crippen LogP contribution in [0.3, 0.4) is 0 Å². The van der Waals surface area contributed by atoms with Crippen LogP contribution in [0.15, 0.2) is 22.5 Å². The van der Waals surface area contributed by atoms with Crippen LogP contribution in [0.1, 0.15) is 0 Å². The number of sulfonamides is 1. The summed E-state index contributed by atoms with van der Waals surface area (Å²) in [7, 11) is -9.49. The highest BCUT2D eigenvalue weighted by Crippen LogP contribution is 2.34. The second kappa shape index (κ2) is 5.93. The van der Waals surface area contributed by atoms with E-state index in [1.807, 2.05) is 0 Å². The number of thiazole rings is 1. The SMILES string of the molecule is Cl.O=[N+]([O-])c1ccc2nc(S(=O)(=O)NP(=O)(O)O)sc2c1. The highest BCUT2D eigenvalue weighted by atomic mass is 35.5. The number of nitrogens with one attached hydrogen (secondary N) is 1. The van der Waals surface area contributed by atoms with Gasteiger partial charge in [-0.1, -0.05) is 0 Å². The Morgan fingerprint density at radius 1 is 1.38 bits per heavy atom. The van der Waals surface area contributed by atoms with Crippen LogP contribution in [0.25, 0.3) is 10.2 Å². The predicted molar refractivity (Wildman–Crippen MR) is 75.9 cm³/mol. The lowest BCUT2D eigenvalue weighted by Crippen LogP contribution is -2.20. The number of nitrogens with zero attached hydrogens (tertiary/aromatic N) is 2. The first-order valence-corrected chi connectivity index (χ1v) is 8.64. The summed E-state index contributed by atoms with van der Waals surface area (Å²) in [5.74, 6) is 0. The molecule has 0 radical (unpaired) electrons. The summed E-state index contributed by atoms with van der Waals surface area (Å²) >= 11 is 0.567. The number of rotatable bonds is 4. The smallest absolute Gasteiger partial charge is 0.312 e. The van der Waals surface area contributed by atoms with Crippen LogP contribution in [0.5, 0.6) is 0 Å². The lowest BCUT2D eigenvalue weighted by atomic mass is 10.3. The standard InChI is InChI=1S/C7H6N3O7PS2.ClH/c11-10(12)4-1-2-5-6(3-4)19-7(8-5)20(16,17)9-18(13,14)15;/h1-3H,(H3,9,13,14,15);1H. The van der Waals surface area contributed by atoms with E-state index in [1.54, 1.807) is 0 Å². The molecule has 0 fully saturated rings. The molecule has 2 aromatic rings. The molecule has 0 unspecified atom stereocenters. The second-order valence-electron chi connectivity index (χ2n) is 3.53. The summed E-state index contributed by atoms with van der Waals surface area (Å²) in [5, 5.41) is 10.6. The number of nitro groups is 1. The molecule has 0 amide bonds. The Morgan fingerprint density at radius 3 is 2.52 bits per heavy atom. The van der Waals surface area contributed by atoms with Crippen LogP contribution in [0.2, 0.25) is 0 Å². The minimum atomic E-state index is -5.00. The van der Waals surface area contributed by atoms with Gasteiger partial charge in [0.25, 0.3) is 15.7 Å². The fourth-order valence-corrected chi connectivity index (χ4v) is 4.87. The van der Waals surface area contributed by atoms with E-state index in [2.05, 4.69) is 4.98 Å². The Balaban J connectivity index is 0.00000220. The molecule has 1 heterocycles. The molecule has 14 heteroatoms. The molecule has 3 N–H and O–H groups in total. The van der Waals surface area contributed by atoms with Crippen molar-refractivity contribution >= 4 is 57.4 Å². The van der Waals surface area contributed by atoms with Crippen molar-refractivity contribution in [3.63, 3.8) is 0 Å². The quantitative estimate of drug-likeness (QED) is 0.405. The van der Waals surface area contributed by atoms with E-state index in [0.717, 1.165) is 16.6 Å². The number of fused-ring (bicyclic) bond motifs is 1. The third-order valence-electron chi connectivity index (χ3n) is 2.03. The Hall–Kier alpha value is -1.14. The molecule has 0 bridgehead atoms. The zero-order chi connectivity index (χ0) is 15.1. The first-order valence-electron chi connectivity index (χ1n) is 4.73. The normalized spacial score (nSPS) is 12.1. The minimum Gasteiger partial charge on any atom is -0.312 e. The number of hydrogen-bond donors (Lipinski definition) is 3. The van der Waals surface area contributed by atoms with E-state index in [9.17, 15) is 23.1 Å². The average Bonchev–Trinajstić information content (AvgIpc) is 2.68. The molecule has 0 spiro atoms. The maximum Gasteiger partial charge on any atom is 0.414 e. The molecule has 1 aromatic heterocycles. The molecule has 0 aliphatic rings. The molecule has 0 aliphatic heterocycles. The van der Waals surface area contributed by atoms with Crippen molar-refractivity contribution in [3.05, 3.63) is 28.3 Å². The van der Waals surface area contributed by atoms with Crippen molar-refractivity contribution in [2.75, 3.05) is 0 Å². The first kappa shape index (κ1) is 17.9. The third-order valence-corrected chi connectivity index (χ3v) is 6.22. The van der Waals surface area contributed by atoms with E-state index < -0.39 is 27.0 Å². The molecule has 10 nitrogen and oxygen atoms in total. The molecule has 0 aliphatic carbocycles. The maximum absolute atomic E-state index is 11.6. The fourth-order valence-electron chi connectivity index (χ4n) is 1.32. The monoisotopic (exact) mass is 375 g/mol. The van der Waals surface area contributed by atoms with Gasteiger partial charge < -0.3 is 9.79 Å². The van der Waals surface area contributed by atoms with Crippen LogP contribution in [-0.4, -0.2) is 28.1 Å². The Labute approximate surface area is 127 Å². The minimum absolute atomic E-state index is 0. The Kier molecular flexibility index (Phi) is 5.05. The molecule has 1 aromatic carbocycles. The van der Waals surface area contributed by atoms with Gasteiger partial charge in [0.15, 0.2) is 0 Å². The van der Waals surface area contributed by atoms with Crippen LogP contribution in [-0.2, 0) is 14.6 Å². The van der Waals surface area contributed by atoms with Gasteiger partial charge in [-0.3, -0.25) is 10.1 Å². The number of nitro benzene ring substituents is 1. The van der Waals surface area contributed by atoms with Gasteiger partial charge in [0.1, 0.15) is 0 Å². The van der Waals surface area contributed by atoms with Gasteiger partial charge >= 0.3 is 7.75 Å². The number of halogens is 1. The molecular weight excluding hydrogens is 369 g/mol. The molecule has 0 saturated carbocycles. The maximum atomic E-state index is 11.6. The zero-order valence-electron chi connectivity index (χ0n) is 9.73. The summed E-state index contributed by atoms with van der Waals surface area (Å²) in [4.78, 5) is 30.8. The van der Waals surface area contributed by atoms with E-state index in [-0.39, 0.29) is 28.3 Å². The summed E-state index contributed by atoms with van der Waals surface area (Å²) < 4.78 is 34.8. The first-order chi connectivity index (χ1) is 9.08. The molecular formula is C7H7ClN3O7PS2. The van der Waals surface area contributed by atoms with Crippen molar-refractivity contribution in [2.24, 2.45) is 0 Å². The Morgan fingerprint density at radius 2 is 2.00 bits per heavy atom. The van der Waals surface area contributed by atoms with E-state index >= 15 is 0 Å². The summed E-state index contributed by atoms with van der Waals surface area (Å²) in [5.41, 5.74) is -0.0697. The molecule has 116 valence electrons. The molecule has 0 saturated heterocycles. The largest absolute Gasteiger partial charge is 0.414 e. The van der Waals surface area contributed by atoms with Crippen molar-refractivity contribution in [1.29, 1.82) is 0 Å². The van der Waals surface area contributed by atoms with Crippen LogP contribution in [0.4, 0.5) is 5.69 Å². The topological polar surface area (TPSA) is 160 Å². The van der Waals surface area contributed by atoms with Gasteiger partial charge in [0, 0.05) is 12.1 Å². The van der Waals surface area contributed by atoms with Crippen LogP contribution >= 0.6 is 31.5 Å². The van der Waals surface area contributed by atoms with Crippen molar-refractivity contribution < 1.29 is 27.7 Å². The summed E-state index contributed by atoms with van der Waals surface area (Å²) in [6.45, 7) is 0. The fraction of sp³-hybridized carbons (Fsp3) is 0. The van der Waals surface area contributed by atoms with Gasteiger partial charge in [-0.15, -0.1) is 28.2 Å². The summed E-state index contributed by atoms with van der Waals surface area (Å²) in [6, 6.07) is 3.53. The Bertz CT molecular complexity index is 845. The van der Waals surface area contributed by atoms with E-state index in [1.165, 1.54) is 6.07 Å². The lowest BCUT2D eigenvalue weighted by molar-refractivity contribution is -0.384. The van der Waals surface area contributed by atoms with Gasteiger partial charge in [0.05, 0.1) is 15.1 Å². The molecule has 0 atom stereocenters. The number of non-ortho nitro benzene ring substituents is 1.